The van der Waals surface area contributed by atoms with Crippen LogP contribution in [0.5, 0.6) is 0 Å². The summed E-state index contributed by atoms with van der Waals surface area (Å²) in [5, 5.41) is 3.18. The molecule has 2 aliphatic heterocycles. The largest absolute Gasteiger partial charge is 0.351 e. The van der Waals surface area contributed by atoms with E-state index in [0.717, 1.165) is 25.7 Å². The Kier molecular flexibility index (Phi) is 5.90. The van der Waals surface area contributed by atoms with E-state index in [9.17, 15) is 18.0 Å². The van der Waals surface area contributed by atoms with Crippen LogP contribution in [0.3, 0.4) is 0 Å². The molecule has 1 aliphatic carbocycles. The lowest BCUT2D eigenvalue weighted by Gasteiger charge is -2.53. The number of hydrogen-bond acceptors (Lipinski definition) is 4. The summed E-state index contributed by atoms with van der Waals surface area (Å²) in [6.07, 6.45) is 5.64. The molecule has 2 heterocycles. The van der Waals surface area contributed by atoms with Gasteiger partial charge in [-0.1, -0.05) is 33.6 Å². The molecule has 0 bridgehead atoms. The average molecular weight is 399 g/mol. The number of nitrogens with zero attached hydrogens (tertiary/aromatic N) is 1. The molecule has 2 saturated heterocycles. The fraction of sp³-hybridized carbons (Fsp3) is 0.900. The molecular weight excluding hydrogens is 364 g/mol. The molecule has 0 aromatic heterocycles. The van der Waals surface area contributed by atoms with Gasteiger partial charge in [0.2, 0.25) is 11.8 Å². The minimum Gasteiger partial charge on any atom is -0.351 e. The summed E-state index contributed by atoms with van der Waals surface area (Å²) in [7, 11) is -2.84. The third kappa shape index (κ3) is 4.17. The van der Waals surface area contributed by atoms with Crippen molar-refractivity contribution in [2.45, 2.75) is 77.8 Å². The molecule has 0 aromatic rings. The van der Waals surface area contributed by atoms with Crippen LogP contribution in [0.1, 0.15) is 65.7 Å². The molecule has 0 radical (unpaired) electrons. The highest BCUT2D eigenvalue weighted by atomic mass is 32.2. The lowest BCUT2D eigenvalue weighted by atomic mass is 9.63. The number of nitrogens with one attached hydrogen (secondary N) is 1. The minimum absolute atomic E-state index is 0.0337. The van der Waals surface area contributed by atoms with E-state index in [1.165, 1.54) is 0 Å². The summed E-state index contributed by atoms with van der Waals surface area (Å²) in [5.74, 6) is 1.17. The molecule has 6 nitrogen and oxygen atoms in total. The van der Waals surface area contributed by atoms with Crippen LogP contribution in [0, 0.1) is 17.3 Å². The Morgan fingerprint density at radius 1 is 1.15 bits per heavy atom. The van der Waals surface area contributed by atoms with Gasteiger partial charge in [-0.05, 0) is 37.0 Å². The standard InChI is InChI=1S/C20H34N2O4S/c1-4-14(5-2)9-18(23)21-16-7-8-22(17(16)6-3)19(24)15-10-20(11-15)12-27(25,26)13-20/h14-17H,4-13H2,1-3H3,(H,21,23)/t16-,17+/m1/s1. The van der Waals surface area contributed by atoms with Crippen molar-refractivity contribution in [3.63, 3.8) is 0 Å². The minimum atomic E-state index is -2.84. The van der Waals surface area contributed by atoms with Gasteiger partial charge in [-0.15, -0.1) is 0 Å². The Labute approximate surface area is 163 Å². The van der Waals surface area contributed by atoms with Gasteiger partial charge in [0, 0.05) is 18.9 Å². The van der Waals surface area contributed by atoms with E-state index in [-0.39, 0.29) is 46.7 Å². The van der Waals surface area contributed by atoms with E-state index in [1.807, 2.05) is 4.90 Å². The smallest absolute Gasteiger partial charge is 0.226 e. The van der Waals surface area contributed by atoms with Crippen molar-refractivity contribution in [3.8, 4) is 0 Å². The van der Waals surface area contributed by atoms with Crippen LogP contribution in [0.25, 0.3) is 0 Å². The lowest BCUT2D eigenvalue weighted by molar-refractivity contribution is -0.144. The molecule has 3 fully saturated rings. The fourth-order valence-electron chi connectivity index (χ4n) is 5.43. The van der Waals surface area contributed by atoms with Crippen LogP contribution >= 0.6 is 0 Å². The number of carbonyl (C=O) groups excluding carboxylic acids is 2. The summed E-state index contributed by atoms with van der Waals surface area (Å²) >= 11 is 0. The second kappa shape index (κ2) is 7.72. The van der Waals surface area contributed by atoms with E-state index in [2.05, 4.69) is 26.1 Å². The first-order valence-corrected chi connectivity index (χ1v) is 12.3. The number of amides is 2. The molecule has 154 valence electrons. The Balaban J connectivity index is 1.52. The molecule has 7 heteroatoms. The summed E-state index contributed by atoms with van der Waals surface area (Å²) in [4.78, 5) is 27.3. The maximum Gasteiger partial charge on any atom is 0.226 e. The van der Waals surface area contributed by atoms with Gasteiger partial charge < -0.3 is 10.2 Å². The summed E-state index contributed by atoms with van der Waals surface area (Å²) in [6, 6.07) is 0.101. The number of rotatable bonds is 7. The summed E-state index contributed by atoms with van der Waals surface area (Å²) < 4.78 is 22.9. The van der Waals surface area contributed by atoms with E-state index in [1.54, 1.807) is 0 Å². The second-order valence-electron chi connectivity index (χ2n) is 8.99. The number of carbonyl (C=O) groups is 2. The SMILES string of the molecule is CCC(CC)CC(=O)N[C@@H]1CCN(C(=O)C2CC3(C2)CS(=O)(=O)C3)[C@H]1CC. The highest BCUT2D eigenvalue weighted by Gasteiger charge is 2.59. The Morgan fingerprint density at radius 2 is 1.78 bits per heavy atom. The Morgan fingerprint density at radius 3 is 2.30 bits per heavy atom. The van der Waals surface area contributed by atoms with Crippen LogP contribution in [0.15, 0.2) is 0 Å². The van der Waals surface area contributed by atoms with Gasteiger partial charge >= 0.3 is 0 Å². The van der Waals surface area contributed by atoms with Gasteiger partial charge in [0.15, 0.2) is 9.84 Å². The molecule has 2 amide bonds. The van der Waals surface area contributed by atoms with Gasteiger partial charge in [0.25, 0.3) is 0 Å². The van der Waals surface area contributed by atoms with Gasteiger partial charge in [0.05, 0.1) is 23.6 Å². The van der Waals surface area contributed by atoms with Crippen molar-refractivity contribution in [1.29, 1.82) is 0 Å². The number of sulfone groups is 1. The molecule has 27 heavy (non-hydrogen) atoms. The van der Waals surface area contributed by atoms with Crippen LogP contribution in [0.2, 0.25) is 0 Å². The predicted molar refractivity (Wildman–Crippen MR) is 105 cm³/mol. The zero-order valence-corrected chi connectivity index (χ0v) is 17.7. The van der Waals surface area contributed by atoms with Crippen molar-refractivity contribution in [1.82, 2.24) is 10.2 Å². The number of likely N-dealkylation sites (tertiary alicyclic amines) is 1. The van der Waals surface area contributed by atoms with Crippen molar-refractivity contribution >= 4 is 21.7 Å². The summed E-state index contributed by atoms with van der Waals surface area (Å²) in [6.45, 7) is 6.99. The second-order valence-corrected chi connectivity index (χ2v) is 11.1. The first-order valence-electron chi connectivity index (χ1n) is 10.5. The van der Waals surface area contributed by atoms with Crippen LogP contribution in [-0.4, -0.2) is 55.3 Å². The predicted octanol–water partition coefficient (Wildman–Crippen LogP) is 2.13. The lowest BCUT2D eigenvalue weighted by Crippen LogP contribution is -2.60. The van der Waals surface area contributed by atoms with Crippen molar-refractivity contribution in [3.05, 3.63) is 0 Å². The maximum absolute atomic E-state index is 13.0. The summed E-state index contributed by atoms with van der Waals surface area (Å²) in [5.41, 5.74) is -0.108. The van der Waals surface area contributed by atoms with Crippen molar-refractivity contribution < 1.29 is 18.0 Å². The molecule has 3 rings (SSSR count). The van der Waals surface area contributed by atoms with Crippen molar-refractivity contribution in [2.24, 2.45) is 17.3 Å². The van der Waals surface area contributed by atoms with E-state index < -0.39 is 9.84 Å². The highest BCUT2D eigenvalue weighted by molar-refractivity contribution is 7.92. The van der Waals surface area contributed by atoms with Gasteiger partial charge in [-0.3, -0.25) is 9.59 Å². The zero-order chi connectivity index (χ0) is 19.8. The van der Waals surface area contributed by atoms with E-state index >= 15 is 0 Å². The normalized spacial score (nSPS) is 28.8. The zero-order valence-electron chi connectivity index (χ0n) is 16.9. The van der Waals surface area contributed by atoms with Gasteiger partial charge in [0.1, 0.15) is 0 Å². The molecule has 2 atom stereocenters. The third-order valence-corrected chi connectivity index (χ3v) is 9.09. The first-order chi connectivity index (χ1) is 12.7. The third-order valence-electron chi connectivity index (χ3n) is 6.98. The molecule has 1 N–H and O–H groups in total. The monoisotopic (exact) mass is 398 g/mol. The van der Waals surface area contributed by atoms with Crippen molar-refractivity contribution in [2.75, 3.05) is 18.1 Å². The fourth-order valence-corrected chi connectivity index (χ4v) is 7.68. The Bertz CT molecular complexity index is 666. The quantitative estimate of drug-likeness (QED) is 0.712. The topological polar surface area (TPSA) is 83.6 Å². The highest BCUT2D eigenvalue weighted by Crippen LogP contribution is 2.54. The van der Waals surface area contributed by atoms with Crippen LogP contribution in [0.4, 0.5) is 0 Å². The molecule has 1 spiro atoms. The van der Waals surface area contributed by atoms with Gasteiger partial charge in [-0.2, -0.15) is 0 Å². The maximum atomic E-state index is 13.0. The molecule has 3 aliphatic rings. The first kappa shape index (κ1) is 20.6. The molecular formula is C20H34N2O4S. The molecule has 0 aromatic carbocycles. The Hall–Kier alpha value is -1.11. The number of hydrogen-bond donors (Lipinski definition) is 1. The van der Waals surface area contributed by atoms with E-state index in [0.29, 0.717) is 31.7 Å². The molecule has 1 saturated carbocycles. The van der Waals surface area contributed by atoms with Gasteiger partial charge in [-0.25, -0.2) is 8.42 Å². The molecule has 0 unspecified atom stereocenters. The average Bonchev–Trinajstić information content (AvgIpc) is 2.96. The van der Waals surface area contributed by atoms with Crippen LogP contribution < -0.4 is 5.32 Å². The van der Waals surface area contributed by atoms with E-state index in [4.69, 9.17) is 0 Å². The van der Waals surface area contributed by atoms with Crippen LogP contribution in [-0.2, 0) is 19.4 Å².